The van der Waals surface area contributed by atoms with E-state index in [-0.39, 0.29) is 16.8 Å². The van der Waals surface area contributed by atoms with Gasteiger partial charge in [-0.1, -0.05) is 40.9 Å². The normalized spacial score (nSPS) is 20.4. The van der Waals surface area contributed by atoms with Crippen LogP contribution < -0.4 is 4.74 Å². The van der Waals surface area contributed by atoms with E-state index < -0.39 is 6.23 Å². The minimum Gasteiger partial charge on any atom is -0.506 e. The Morgan fingerprint density at radius 1 is 1.07 bits per heavy atom. The molecule has 0 saturated carbocycles. The molecule has 0 aliphatic carbocycles. The molecular weight excluding hydrogens is 439 g/mol. The zero-order chi connectivity index (χ0) is 19.4. The van der Waals surface area contributed by atoms with Crippen LogP contribution in [0, 0.1) is 0 Å². The van der Waals surface area contributed by atoms with Crippen LogP contribution in [-0.2, 0) is 0 Å². The van der Waals surface area contributed by atoms with Gasteiger partial charge < -0.3 is 9.84 Å². The number of nitrogens with zero attached hydrogens (tertiary/aromatic N) is 2. The van der Waals surface area contributed by atoms with Crippen molar-refractivity contribution < 1.29 is 9.84 Å². The standard InChI is InChI=1S/C20H13Cl3N2O2S/c21-10-3-4-17-12(6-10)16-9-15(18-2-1-5-28-18)24-25(16)20(27-17)13-7-11(22)8-14(23)19(13)26/h1-8,16,20,26H,9H2/t16-,20+/m0/s1. The highest BCUT2D eigenvalue weighted by molar-refractivity contribution is 7.12. The number of thiophene rings is 1. The molecular formula is C20H13Cl3N2O2S. The number of hydrogen-bond acceptors (Lipinski definition) is 5. The molecule has 3 heterocycles. The van der Waals surface area contributed by atoms with E-state index in [1.165, 1.54) is 6.07 Å². The van der Waals surface area contributed by atoms with Gasteiger partial charge in [0.15, 0.2) is 0 Å². The lowest BCUT2D eigenvalue weighted by atomic mass is 9.97. The van der Waals surface area contributed by atoms with Crippen LogP contribution in [0.25, 0.3) is 0 Å². The van der Waals surface area contributed by atoms with Gasteiger partial charge in [0, 0.05) is 22.0 Å². The Morgan fingerprint density at radius 3 is 2.68 bits per heavy atom. The van der Waals surface area contributed by atoms with Gasteiger partial charge in [0.25, 0.3) is 0 Å². The Balaban J connectivity index is 1.66. The summed E-state index contributed by atoms with van der Waals surface area (Å²) in [6.45, 7) is 0. The molecule has 0 spiro atoms. The minimum absolute atomic E-state index is 0.0630. The van der Waals surface area contributed by atoms with E-state index in [9.17, 15) is 5.11 Å². The summed E-state index contributed by atoms with van der Waals surface area (Å²) in [6.07, 6.45) is 0.0512. The molecule has 0 bridgehead atoms. The Morgan fingerprint density at radius 2 is 1.89 bits per heavy atom. The van der Waals surface area contributed by atoms with Crippen LogP contribution >= 0.6 is 46.1 Å². The van der Waals surface area contributed by atoms with Crippen molar-refractivity contribution in [2.45, 2.75) is 18.7 Å². The van der Waals surface area contributed by atoms with E-state index in [2.05, 4.69) is 0 Å². The molecule has 2 aliphatic heterocycles. The summed E-state index contributed by atoms with van der Waals surface area (Å²) in [5.74, 6) is 0.640. The highest BCUT2D eigenvalue weighted by Gasteiger charge is 2.42. The summed E-state index contributed by atoms with van der Waals surface area (Å²) in [6, 6.07) is 12.7. The first-order valence-electron chi connectivity index (χ1n) is 8.55. The molecule has 2 aliphatic rings. The molecule has 142 valence electrons. The van der Waals surface area contributed by atoms with E-state index in [1.807, 2.05) is 34.7 Å². The topological polar surface area (TPSA) is 45.1 Å². The summed E-state index contributed by atoms with van der Waals surface area (Å²) in [5.41, 5.74) is 2.40. The fourth-order valence-electron chi connectivity index (χ4n) is 3.63. The van der Waals surface area contributed by atoms with Crippen molar-refractivity contribution in [3.8, 4) is 11.5 Å². The quantitative estimate of drug-likeness (QED) is 0.474. The average molecular weight is 452 g/mol. The number of fused-ring (bicyclic) bond motifs is 3. The molecule has 8 heteroatoms. The Hall–Kier alpha value is -1.92. The van der Waals surface area contributed by atoms with Crippen molar-refractivity contribution in [2.75, 3.05) is 0 Å². The second-order valence-corrected chi connectivity index (χ2v) is 8.83. The molecule has 0 saturated heterocycles. The molecule has 1 N–H and O–H groups in total. The lowest BCUT2D eigenvalue weighted by Gasteiger charge is -2.38. The number of benzene rings is 2. The molecule has 0 amide bonds. The number of hydrogen-bond donors (Lipinski definition) is 1. The van der Waals surface area contributed by atoms with Crippen LogP contribution in [0.1, 0.15) is 34.7 Å². The largest absolute Gasteiger partial charge is 0.506 e. The molecule has 2 atom stereocenters. The monoisotopic (exact) mass is 450 g/mol. The molecule has 28 heavy (non-hydrogen) atoms. The maximum atomic E-state index is 10.6. The van der Waals surface area contributed by atoms with Crippen molar-refractivity contribution in [1.82, 2.24) is 5.01 Å². The van der Waals surface area contributed by atoms with Gasteiger partial charge in [0.1, 0.15) is 11.5 Å². The zero-order valence-corrected chi connectivity index (χ0v) is 17.4. The number of halogens is 3. The van der Waals surface area contributed by atoms with Gasteiger partial charge in [-0.2, -0.15) is 5.10 Å². The highest BCUT2D eigenvalue weighted by Crippen LogP contribution is 2.50. The van der Waals surface area contributed by atoms with Crippen molar-refractivity contribution >= 4 is 51.9 Å². The Labute approximate surface area is 180 Å². The Kier molecular flexibility index (Phi) is 4.43. The third-order valence-electron chi connectivity index (χ3n) is 4.88. The Bertz CT molecular complexity index is 1100. The molecule has 0 fully saturated rings. The summed E-state index contributed by atoms with van der Waals surface area (Å²) < 4.78 is 6.23. The average Bonchev–Trinajstić information content (AvgIpc) is 3.33. The second-order valence-electron chi connectivity index (χ2n) is 6.60. The first kappa shape index (κ1) is 18.1. The van der Waals surface area contributed by atoms with Gasteiger partial charge in [-0.05, 0) is 41.8 Å². The lowest BCUT2D eigenvalue weighted by molar-refractivity contribution is -0.0203. The van der Waals surface area contributed by atoms with Crippen LogP contribution in [0.15, 0.2) is 52.9 Å². The fraction of sp³-hybridized carbons (Fsp3) is 0.150. The maximum absolute atomic E-state index is 10.6. The first-order chi connectivity index (χ1) is 13.5. The van der Waals surface area contributed by atoms with Gasteiger partial charge >= 0.3 is 0 Å². The van der Waals surface area contributed by atoms with Crippen molar-refractivity contribution in [2.24, 2.45) is 5.10 Å². The van der Waals surface area contributed by atoms with E-state index >= 15 is 0 Å². The van der Waals surface area contributed by atoms with Crippen LogP contribution in [0.2, 0.25) is 15.1 Å². The number of phenols is 1. The van der Waals surface area contributed by atoms with Crippen LogP contribution in [0.4, 0.5) is 0 Å². The van der Waals surface area contributed by atoms with Gasteiger partial charge in [-0.15, -0.1) is 11.3 Å². The molecule has 1 aromatic heterocycles. The van der Waals surface area contributed by atoms with E-state index in [0.717, 1.165) is 16.2 Å². The van der Waals surface area contributed by atoms with Gasteiger partial charge in [0.2, 0.25) is 6.23 Å². The highest BCUT2D eigenvalue weighted by atomic mass is 35.5. The van der Waals surface area contributed by atoms with Crippen LogP contribution in [-0.4, -0.2) is 15.8 Å². The number of aromatic hydroxyl groups is 1. The molecule has 4 nitrogen and oxygen atoms in total. The molecule has 0 radical (unpaired) electrons. The third-order valence-corrected chi connectivity index (χ3v) is 6.54. The number of hydrazone groups is 1. The van der Waals surface area contributed by atoms with E-state index in [4.69, 9.17) is 44.6 Å². The van der Waals surface area contributed by atoms with Gasteiger partial charge in [-0.25, -0.2) is 5.01 Å². The second kappa shape index (κ2) is 6.85. The van der Waals surface area contributed by atoms with E-state index in [1.54, 1.807) is 23.5 Å². The first-order valence-corrected chi connectivity index (χ1v) is 10.6. The number of ether oxygens (including phenoxy) is 1. The number of rotatable bonds is 2. The summed E-state index contributed by atoms with van der Waals surface area (Å²) >= 11 is 20.2. The maximum Gasteiger partial charge on any atom is 0.217 e. The van der Waals surface area contributed by atoms with Crippen LogP contribution in [0.5, 0.6) is 11.5 Å². The van der Waals surface area contributed by atoms with Crippen molar-refractivity contribution in [1.29, 1.82) is 0 Å². The zero-order valence-electron chi connectivity index (χ0n) is 14.3. The summed E-state index contributed by atoms with van der Waals surface area (Å²) in [5, 5.41) is 20.5. The smallest absolute Gasteiger partial charge is 0.217 e. The lowest BCUT2D eigenvalue weighted by Crippen LogP contribution is -2.33. The molecule has 5 rings (SSSR count). The van der Waals surface area contributed by atoms with Gasteiger partial charge in [-0.3, -0.25) is 0 Å². The number of phenolic OH excluding ortho intramolecular Hbond substituents is 1. The predicted molar refractivity (Wildman–Crippen MR) is 113 cm³/mol. The van der Waals surface area contributed by atoms with Gasteiger partial charge in [0.05, 0.1) is 27.2 Å². The van der Waals surface area contributed by atoms with Crippen molar-refractivity contribution in [3.63, 3.8) is 0 Å². The molecule has 2 aromatic carbocycles. The summed E-state index contributed by atoms with van der Waals surface area (Å²) in [4.78, 5) is 1.10. The third kappa shape index (κ3) is 2.94. The van der Waals surface area contributed by atoms with Crippen LogP contribution in [0.3, 0.4) is 0 Å². The molecule has 3 aromatic rings. The predicted octanol–water partition coefficient (Wildman–Crippen LogP) is 6.66. The minimum atomic E-state index is -0.660. The fourth-order valence-corrected chi connectivity index (χ4v) is 5.04. The van der Waals surface area contributed by atoms with E-state index in [0.29, 0.717) is 27.8 Å². The molecule has 0 unspecified atom stereocenters. The summed E-state index contributed by atoms with van der Waals surface area (Å²) in [7, 11) is 0. The van der Waals surface area contributed by atoms with Crippen molar-refractivity contribution in [3.05, 3.63) is 78.9 Å². The SMILES string of the molecule is Oc1c(Cl)cc(Cl)cc1[C@H]1Oc2ccc(Cl)cc2[C@@H]2CC(c3cccs3)=NN12.